The van der Waals surface area contributed by atoms with E-state index in [1.807, 2.05) is 13.8 Å². The van der Waals surface area contributed by atoms with Crippen molar-refractivity contribution in [2.45, 2.75) is 13.8 Å². The zero-order valence-electron chi connectivity index (χ0n) is 10.0. The van der Waals surface area contributed by atoms with E-state index in [0.29, 0.717) is 18.1 Å². The molecule has 1 aromatic heterocycles. The average molecular weight is 277 g/mol. The largest absolute Gasteiger partial charge is 0.270 e. The zero-order chi connectivity index (χ0) is 12.9. The topological polar surface area (TPSA) is 50.3 Å². The first kappa shape index (κ1) is 14.3. The van der Waals surface area contributed by atoms with E-state index in [1.54, 1.807) is 24.5 Å². The van der Waals surface area contributed by atoms with Gasteiger partial charge in [-0.2, -0.15) is 0 Å². The van der Waals surface area contributed by atoms with Crippen molar-refractivity contribution in [2.75, 3.05) is 22.5 Å². The Morgan fingerprint density at radius 3 is 2.47 bits per heavy atom. The van der Waals surface area contributed by atoms with Gasteiger partial charge in [-0.3, -0.25) is 9.29 Å². The molecule has 96 valence electrons. The summed E-state index contributed by atoms with van der Waals surface area (Å²) in [6.45, 7) is 4.04. The maximum atomic E-state index is 12.2. The van der Waals surface area contributed by atoms with E-state index < -0.39 is 10.0 Å². The minimum Gasteiger partial charge on any atom is -0.270 e. The van der Waals surface area contributed by atoms with E-state index in [9.17, 15) is 8.42 Å². The van der Waals surface area contributed by atoms with Crippen molar-refractivity contribution >= 4 is 27.3 Å². The molecule has 0 radical (unpaired) electrons. The number of pyridine rings is 1. The molecule has 0 aliphatic heterocycles. The fourth-order valence-corrected chi connectivity index (χ4v) is 3.64. The molecule has 1 atom stereocenters. The first-order chi connectivity index (χ1) is 8.01. The van der Waals surface area contributed by atoms with Gasteiger partial charge in [-0.1, -0.05) is 6.92 Å². The van der Waals surface area contributed by atoms with Crippen LogP contribution in [0.4, 0.5) is 5.69 Å². The molecule has 0 bridgehead atoms. The number of halogens is 1. The molecule has 1 aromatic rings. The van der Waals surface area contributed by atoms with E-state index >= 15 is 0 Å². The van der Waals surface area contributed by atoms with Crippen LogP contribution in [0.25, 0.3) is 0 Å². The van der Waals surface area contributed by atoms with Crippen LogP contribution >= 0.6 is 11.6 Å². The summed E-state index contributed by atoms with van der Waals surface area (Å²) < 4.78 is 25.7. The van der Waals surface area contributed by atoms with E-state index in [0.717, 1.165) is 0 Å². The summed E-state index contributed by atoms with van der Waals surface area (Å²) >= 11 is 5.66. The van der Waals surface area contributed by atoms with Gasteiger partial charge in [0, 0.05) is 24.8 Å². The van der Waals surface area contributed by atoms with Crippen LogP contribution in [-0.2, 0) is 10.0 Å². The van der Waals surface area contributed by atoms with Crippen LogP contribution in [0.15, 0.2) is 24.5 Å². The molecule has 0 fully saturated rings. The van der Waals surface area contributed by atoms with Crippen LogP contribution in [0.3, 0.4) is 0 Å². The van der Waals surface area contributed by atoms with E-state index in [1.165, 1.54) is 4.31 Å². The van der Waals surface area contributed by atoms with Crippen molar-refractivity contribution in [2.24, 2.45) is 5.92 Å². The molecule has 0 aliphatic carbocycles. The average Bonchev–Trinajstić information content (AvgIpc) is 2.30. The smallest absolute Gasteiger partial charge is 0.235 e. The highest BCUT2D eigenvalue weighted by Crippen LogP contribution is 2.18. The van der Waals surface area contributed by atoms with Gasteiger partial charge in [0.15, 0.2) is 0 Å². The van der Waals surface area contributed by atoms with Crippen molar-refractivity contribution in [1.82, 2.24) is 4.98 Å². The molecule has 0 aromatic carbocycles. The van der Waals surface area contributed by atoms with Gasteiger partial charge in [0.2, 0.25) is 10.0 Å². The quantitative estimate of drug-likeness (QED) is 0.748. The molecule has 0 saturated heterocycles. The molecule has 0 N–H and O–H groups in total. The molecule has 4 nitrogen and oxygen atoms in total. The number of rotatable bonds is 6. The molecule has 6 heteroatoms. The lowest BCUT2D eigenvalue weighted by Gasteiger charge is -2.23. The van der Waals surface area contributed by atoms with Gasteiger partial charge in [0.1, 0.15) is 0 Å². The van der Waals surface area contributed by atoms with Crippen LogP contribution in [0.5, 0.6) is 0 Å². The minimum absolute atomic E-state index is 0.0578. The minimum atomic E-state index is -3.32. The lowest BCUT2D eigenvalue weighted by Crippen LogP contribution is -2.35. The van der Waals surface area contributed by atoms with Gasteiger partial charge in [-0.15, -0.1) is 11.6 Å². The third kappa shape index (κ3) is 3.85. The van der Waals surface area contributed by atoms with E-state index in [-0.39, 0.29) is 11.7 Å². The summed E-state index contributed by atoms with van der Waals surface area (Å²) in [7, 11) is -3.32. The van der Waals surface area contributed by atoms with Gasteiger partial charge >= 0.3 is 0 Å². The monoisotopic (exact) mass is 276 g/mol. The Morgan fingerprint density at radius 2 is 2.00 bits per heavy atom. The van der Waals surface area contributed by atoms with Crippen LogP contribution in [0, 0.1) is 5.92 Å². The summed E-state index contributed by atoms with van der Waals surface area (Å²) in [6, 6.07) is 3.37. The maximum Gasteiger partial charge on any atom is 0.235 e. The Hall–Kier alpha value is -0.810. The van der Waals surface area contributed by atoms with Crippen molar-refractivity contribution in [1.29, 1.82) is 0 Å². The van der Waals surface area contributed by atoms with Crippen molar-refractivity contribution in [3.8, 4) is 0 Å². The second-order valence-electron chi connectivity index (χ2n) is 3.91. The zero-order valence-corrected chi connectivity index (χ0v) is 11.6. The Kier molecular flexibility index (Phi) is 5.21. The number of anilines is 1. The Morgan fingerprint density at radius 1 is 1.41 bits per heavy atom. The lowest BCUT2D eigenvalue weighted by molar-refractivity contribution is 0.579. The van der Waals surface area contributed by atoms with Crippen LogP contribution in [0.1, 0.15) is 13.8 Å². The SMILES string of the molecule is CCN(c1ccncc1)S(=O)(=O)CC(C)CCl. The van der Waals surface area contributed by atoms with Gasteiger partial charge in [-0.25, -0.2) is 8.42 Å². The molecule has 0 saturated carbocycles. The number of aromatic nitrogens is 1. The highest BCUT2D eigenvalue weighted by atomic mass is 35.5. The molecular formula is C11H17ClN2O2S. The number of sulfonamides is 1. The van der Waals surface area contributed by atoms with Gasteiger partial charge < -0.3 is 0 Å². The van der Waals surface area contributed by atoms with Crippen LogP contribution < -0.4 is 4.31 Å². The number of nitrogens with zero attached hydrogens (tertiary/aromatic N) is 2. The van der Waals surface area contributed by atoms with E-state index in [4.69, 9.17) is 11.6 Å². The summed E-state index contributed by atoms with van der Waals surface area (Å²) in [6.07, 6.45) is 3.16. The summed E-state index contributed by atoms with van der Waals surface area (Å²) in [5, 5.41) is 0. The predicted octanol–water partition coefficient (Wildman–Crippen LogP) is 2.11. The Labute approximate surface area is 108 Å². The molecule has 1 heterocycles. The fourth-order valence-electron chi connectivity index (χ4n) is 1.54. The maximum absolute atomic E-state index is 12.2. The second-order valence-corrected chi connectivity index (χ2v) is 6.15. The first-order valence-corrected chi connectivity index (χ1v) is 7.62. The van der Waals surface area contributed by atoms with Gasteiger partial charge in [0.25, 0.3) is 0 Å². The highest BCUT2D eigenvalue weighted by molar-refractivity contribution is 7.92. The third-order valence-corrected chi connectivity index (χ3v) is 4.99. The summed E-state index contributed by atoms with van der Waals surface area (Å²) in [5.41, 5.74) is 0.643. The van der Waals surface area contributed by atoms with Crippen molar-refractivity contribution < 1.29 is 8.42 Å². The molecule has 1 unspecified atom stereocenters. The Bertz CT molecular complexity index is 436. The second kappa shape index (κ2) is 6.21. The van der Waals surface area contributed by atoms with E-state index in [2.05, 4.69) is 4.98 Å². The molecule has 1 rings (SSSR count). The first-order valence-electron chi connectivity index (χ1n) is 5.47. The summed E-state index contributed by atoms with van der Waals surface area (Å²) in [4.78, 5) is 3.88. The predicted molar refractivity (Wildman–Crippen MR) is 70.9 cm³/mol. The van der Waals surface area contributed by atoms with Crippen molar-refractivity contribution in [3.63, 3.8) is 0 Å². The highest BCUT2D eigenvalue weighted by Gasteiger charge is 2.23. The number of hydrogen-bond acceptors (Lipinski definition) is 3. The molecule has 17 heavy (non-hydrogen) atoms. The molecule has 0 amide bonds. The van der Waals surface area contributed by atoms with Gasteiger partial charge in [0.05, 0.1) is 11.4 Å². The molecular weight excluding hydrogens is 260 g/mol. The van der Waals surface area contributed by atoms with Gasteiger partial charge in [-0.05, 0) is 25.0 Å². The number of alkyl halides is 1. The lowest BCUT2D eigenvalue weighted by atomic mass is 10.3. The fraction of sp³-hybridized carbons (Fsp3) is 0.545. The number of hydrogen-bond donors (Lipinski definition) is 0. The standard InChI is InChI=1S/C11H17ClN2O2S/c1-3-14(11-4-6-13-7-5-11)17(15,16)9-10(2)8-12/h4-7,10H,3,8-9H2,1-2H3. The third-order valence-electron chi connectivity index (χ3n) is 2.33. The summed E-state index contributed by atoms with van der Waals surface area (Å²) in [5.74, 6) is 0.345. The van der Waals surface area contributed by atoms with Crippen LogP contribution in [0.2, 0.25) is 0 Å². The molecule has 0 aliphatic rings. The normalized spacial score (nSPS) is 13.4. The van der Waals surface area contributed by atoms with Crippen LogP contribution in [-0.4, -0.2) is 31.6 Å². The van der Waals surface area contributed by atoms with Crippen molar-refractivity contribution in [3.05, 3.63) is 24.5 Å². The molecule has 0 spiro atoms. The Balaban J connectivity index is 2.95.